The summed E-state index contributed by atoms with van der Waals surface area (Å²) in [5, 5.41) is 10.3. The number of aryl methyl sites for hydroxylation is 1. The van der Waals surface area contributed by atoms with Gasteiger partial charge < -0.3 is 14.6 Å². The highest BCUT2D eigenvalue weighted by Gasteiger charge is 2.52. The molecule has 1 fully saturated rings. The highest BCUT2D eigenvalue weighted by Crippen LogP contribution is 2.51. The van der Waals surface area contributed by atoms with Gasteiger partial charge in [-0.1, -0.05) is 59.6 Å². The molecule has 3 aromatic rings. The van der Waals surface area contributed by atoms with Crippen molar-refractivity contribution in [3.8, 4) is 5.75 Å². The number of ether oxygens (including phenoxy) is 2. The highest BCUT2D eigenvalue weighted by atomic mass is 35.5. The quantitative estimate of drug-likeness (QED) is 0.328. The number of methoxy groups -OCH3 is 1. The molecule has 0 spiro atoms. The first-order valence-corrected chi connectivity index (χ1v) is 13.8. The van der Waals surface area contributed by atoms with E-state index in [1.54, 1.807) is 55.6 Å². The van der Waals surface area contributed by atoms with Crippen molar-refractivity contribution in [2.45, 2.75) is 55.7 Å². The van der Waals surface area contributed by atoms with Crippen molar-refractivity contribution in [2.75, 3.05) is 7.11 Å². The van der Waals surface area contributed by atoms with Gasteiger partial charge in [0.15, 0.2) is 0 Å². The van der Waals surface area contributed by atoms with Crippen molar-refractivity contribution in [1.82, 2.24) is 0 Å². The summed E-state index contributed by atoms with van der Waals surface area (Å²) in [7, 11) is -3.09. The largest absolute Gasteiger partial charge is 0.497 e. The fraction of sp³-hybridized carbons (Fsp3) is 0.357. The minimum Gasteiger partial charge on any atom is -0.497 e. The van der Waals surface area contributed by atoms with Crippen LogP contribution in [0.15, 0.2) is 66.7 Å². The zero-order valence-corrected chi connectivity index (χ0v) is 22.2. The number of aliphatic hydroxyl groups is 1. The van der Waals surface area contributed by atoms with E-state index in [1.807, 2.05) is 19.1 Å². The Morgan fingerprint density at radius 2 is 1.62 bits per heavy atom. The zero-order valence-electron chi connectivity index (χ0n) is 20.7. The lowest BCUT2D eigenvalue weighted by molar-refractivity contribution is -0.132. The number of rotatable bonds is 8. The SMILES string of the molecule is COc1ccc(COC2(c3ccc(Cl)cc3F)CCC(O)(C(c3ccc(C)cc3)S(=O)(=O)O)CC2)cc1. The molecule has 0 aromatic heterocycles. The molecule has 1 aliphatic rings. The normalized spacial score (nSPS) is 23.0. The van der Waals surface area contributed by atoms with Crippen LogP contribution in [-0.4, -0.2) is 30.8 Å². The Morgan fingerprint density at radius 1 is 1.00 bits per heavy atom. The first kappa shape index (κ1) is 27.5. The molecule has 0 amide bonds. The molecule has 4 rings (SSSR count). The number of benzene rings is 3. The Labute approximate surface area is 221 Å². The molecule has 1 atom stereocenters. The fourth-order valence-electron chi connectivity index (χ4n) is 5.14. The first-order chi connectivity index (χ1) is 17.5. The average molecular weight is 549 g/mol. The maximum atomic E-state index is 15.2. The van der Waals surface area contributed by atoms with Gasteiger partial charge in [0.2, 0.25) is 0 Å². The van der Waals surface area contributed by atoms with Crippen molar-refractivity contribution in [1.29, 1.82) is 0 Å². The lowest BCUT2D eigenvalue weighted by Crippen LogP contribution is -2.48. The molecule has 2 N–H and O–H groups in total. The van der Waals surface area contributed by atoms with E-state index in [-0.39, 0.29) is 42.9 Å². The number of halogens is 2. The van der Waals surface area contributed by atoms with Gasteiger partial charge in [0.05, 0.1) is 24.9 Å². The molecular formula is C28H30ClFO6S. The smallest absolute Gasteiger partial charge is 0.274 e. The van der Waals surface area contributed by atoms with Gasteiger partial charge in [-0.3, -0.25) is 4.55 Å². The lowest BCUT2D eigenvalue weighted by atomic mass is 9.70. The Balaban J connectivity index is 1.66. The third-order valence-electron chi connectivity index (χ3n) is 7.19. The van der Waals surface area contributed by atoms with E-state index in [2.05, 4.69) is 0 Å². The van der Waals surface area contributed by atoms with Gasteiger partial charge in [-0.15, -0.1) is 0 Å². The molecule has 0 saturated heterocycles. The molecule has 6 nitrogen and oxygen atoms in total. The average Bonchev–Trinajstić information content (AvgIpc) is 2.85. The molecule has 0 bridgehead atoms. The summed E-state index contributed by atoms with van der Waals surface area (Å²) < 4.78 is 61.8. The summed E-state index contributed by atoms with van der Waals surface area (Å²) in [5.74, 6) is 0.148. The Hall–Kier alpha value is -2.49. The van der Waals surface area contributed by atoms with Crippen LogP contribution in [0.4, 0.5) is 4.39 Å². The maximum Gasteiger partial charge on any atom is 0.274 e. The van der Waals surface area contributed by atoms with Crippen LogP contribution >= 0.6 is 11.6 Å². The predicted molar refractivity (Wildman–Crippen MR) is 140 cm³/mol. The summed E-state index contributed by atoms with van der Waals surface area (Å²) >= 11 is 5.99. The standard InChI is InChI=1S/C28H30ClFO6S/c1-19-3-7-21(8-4-19)26(37(32,33)34)27(31)13-15-28(16-14-27,24-12-9-22(29)17-25(24)30)36-18-20-5-10-23(35-2)11-6-20/h3-12,17,26,31H,13-16,18H2,1-2H3,(H,32,33,34). The van der Waals surface area contributed by atoms with Gasteiger partial charge in [-0.05, 0) is 68.0 Å². The molecule has 0 radical (unpaired) electrons. The minimum atomic E-state index is -4.66. The monoisotopic (exact) mass is 548 g/mol. The Kier molecular flexibility index (Phi) is 7.97. The van der Waals surface area contributed by atoms with Crippen molar-refractivity contribution in [3.05, 3.63) is 99.8 Å². The fourth-order valence-corrected chi connectivity index (χ4v) is 6.59. The molecule has 9 heteroatoms. The van der Waals surface area contributed by atoms with Crippen LogP contribution in [-0.2, 0) is 27.1 Å². The molecule has 37 heavy (non-hydrogen) atoms. The van der Waals surface area contributed by atoms with Crippen LogP contribution in [0, 0.1) is 12.7 Å². The van der Waals surface area contributed by atoms with E-state index < -0.39 is 32.4 Å². The molecule has 0 heterocycles. The topological polar surface area (TPSA) is 93.1 Å². The van der Waals surface area contributed by atoms with E-state index in [1.165, 1.54) is 6.07 Å². The maximum absolute atomic E-state index is 15.2. The summed E-state index contributed by atoms with van der Waals surface area (Å²) in [4.78, 5) is 0. The zero-order chi connectivity index (χ0) is 26.8. The summed E-state index contributed by atoms with van der Waals surface area (Å²) in [5.41, 5.74) is -0.592. The van der Waals surface area contributed by atoms with Crippen LogP contribution in [0.5, 0.6) is 5.75 Å². The third-order valence-corrected chi connectivity index (χ3v) is 8.73. The second-order valence-electron chi connectivity index (χ2n) is 9.66. The van der Waals surface area contributed by atoms with Gasteiger partial charge >= 0.3 is 0 Å². The number of hydrogen-bond donors (Lipinski definition) is 2. The summed E-state index contributed by atoms with van der Waals surface area (Å²) in [6.07, 6.45) is 0.151. The van der Waals surface area contributed by atoms with Gasteiger partial charge in [0, 0.05) is 10.6 Å². The number of hydrogen-bond acceptors (Lipinski definition) is 5. The first-order valence-electron chi connectivity index (χ1n) is 11.9. The van der Waals surface area contributed by atoms with Crippen molar-refractivity contribution in [3.63, 3.8) is 0 Å². The van der Waals surface area contributed by atoms with Crippen molar-refractivity contribution in [2.24, 2.45) is 0 Å². The van der Waals surface area contributed by atoms with E-state index in [4.69, 9.17) is 21.1 Å². The third kappa shape index (κ3) is 5.99. The molecule has 3 aromatic carbocycles. The molecule has 198 valence electrons. The van der Waals surface area contributed by atoms with E-state index in [0.717, 1.165) is 11.1 Å². The molecule has 1 saturated carbocycles. The molecular weight excluding hydrogens is 519 g/mol. The second kappa shape index (κ2) is 10.7. The van der Waals surface area contributed by atoms with E-state index in [0.29, 0.717) is 11.3 Å². The van der Waals surface area contributed by atoms with Crippen LogP contribution in [0.25, 0.3) is 0 Å². The van der Waals surface area contributed by atoms with Gasteiger partial charge in [0.1, 0.15) is 16.8 Å². The Bertz CT molecular complexity index is 1330. The van der Waals surface area contributed by atoms with E-state index in [9.17, 15) is 18.1 Å². The van der Waals surface area contributed by atoms with Crippen LogP contribution in [0.2, 0.25) is 5.02 Å². The van der Waals surface area contributed by atoms with Gasteiger partial charge in [-0.25, -0.2) is 4.39 Å². The highest BCUT2D eigenvalue weighted by molar-refractivity contribution is 7.86. The Morgan fingerprint density at radius 3 is 2.16 bits per heavy atom. The second-order valence-corrected chi connectivity index (χ2v) is 11.6. The lowest BCUT2D eigenvalue weighted by Gasteiger charge is -2.46. The molecule has 0 aliphatic heterocycles. The predicted octanol–water partition coefficient (Wildman–Crippen LogP) is 6.14. The van der Waals surface area contributed by atoms with Crippen LogP contribution < -0.4 is 4.74 Å². The summed E-state index contributed by atoms with van der Waals surface area (Å²) in [6.45, 7) is 2.01. The molecule has 1 aliphatic carbocycles. The van der Waals surface area contributed by atoms with Crippen molar-refractivity contribution < 1.29 is 31.9 Å². The van der Waals surface area contributed by atoms with E-state index >= 15 is 4.39 Å². The van der Waals surface area contributed by atoms with Gasteiger partial charge in [-0.2, -0.15) is 8.42 Å². The van der Waals surface area contributed by atoms with Crippen molar-refractivity contribution >= 4 is 21.7 Å². The van der Waals surface area contributed by atoms with Crippen LogP contribution in [0.3, 0.4) is 0 Å². The van der Waals surface area contributed by atoms with Crippen LogP contribution in [0.1, 0.15) is 53.2 Å². The van der Waals surface area contributed by atoms with Gasteiger partial charge in [0.25, 0.3) is 10.1 Å². The summed E-state index contributed by atoms with van der Waals surface area (Å²) in [6, 6.07) is 18.3. The molecule has 1 unspecified atom stereocenters. The minimum absolute atomic E-state index is 0.0456.